The molecule has 0 heterocycles. The van der Waals surface area contributed by atoms with Crippen LogP contribution >= 0.6 is 15.9 Å². The van der Waals surface area contributed by atoms with Gasteiger partial charge in [-0.05, 0) is 36.5 Å². The van der Waals surface area contributed by atoms with E-state index in [1.165, 1.54) is 5.56 Å². The number of aliphatic hydroxyl groups excluding tert-OH is 1. The molecule has 0 radical (unpaired) electrons. The van der Waals surface area contributed by atoms with Crippen molar-refractivity contribution in [2.45, 2.75) is 31.7 Å². The van der Waals surface area contributed by atoms with Crippen LogP contribution in [0.5, 0.6) is 0 Å². The first-order chi connectivity index (χ1) is 8.65. The molecule has 1 fully saturated rings. The first-order valence-electron chi connectivity index (χ1n) is 6.32. The highest BCUT2D eigenvalue weighted by atomic mass is 79.9. The molecule has 0 saturated heterocycles. The Hall–Kier alpha value is -0.870. The monoisotopic (exact) mass is 311 g/mol. The highest BCUT2D eigenvalue weighted by molar-refractivity contribution is 9.10. The summed E-state index contributed by atoms with van der Waals surface area (Å²) in [4.78, 5) is 12.0. The molecule has 18 heavy (non-hydrogen) atoms. The fourth-order valence-electron chi connectivity index (χ4n) is 2.18. The lowest BCUT2D eigenvalue weighted by atomic mass is 10.1. The van der Waals surface area contributed by atoms with Crippen molar-refractivity contribution in [3.8, 4) is 0 Å². The largest absolute Gasteiger partial charge is 0.394 e. The Balaban J connectivity index is 1.93. The second kappa shape index (κ2) is 5.85. The summed E-state index contributed by atoms with van der Waals surface area (Å²) in [7, 11) is 0. The molecule has 98 valence electrons. The fraction of sp³-hybridized carbons (Fsp3) is 0.500. The predicted molar refractivity (Wildman–Crippen MR) is 74.3 cm³/mol. The fourth-order valence-corrected chi connectivity index (χ4v) is 2.59. The lowest BCUT2D eigenvalue weighted by Gasteiger charge is -2.13. The average Bonchev–Trinajstić information content (AvgIpc) is 3.16. The van der Waals surface area contributed by atoms with Crippen molar-refractivity contribution >= 4 is 21.8 Å². The molecule has 4 heteroatoms. The third-order valence-corrected chi connectivity index (χ3v) is 3.96. The predicted octanol–water partition coefficient (Wildman–Crippen LogP) is 2.44. The van der Waals surface area contributed by atoms with Crippen molar-refractivity contribution in [3.05, 3.63) is 34.3 Å². The quantitative estimate of drug-likeness (QED) is 0.877. The van der Waals surface area contributed by atoms with Gasteiger partial charge in [0, 0.05) is 10.4 Å². The molecule has 1 aromatic carbocycles. The van der Waals surface area contributed by atoms with Gasteiger partial charge in [-0.3, -0.25) is 4.79 Å². The van der Waals surface area contributed by atoms with E-state index in [4.69, 9.17) is 5.11 Å². The summed E-state index contributed by atoms with van der Waals surface area (Å²) < 4.78 is 1.05. The van der Waals surface area contributed by atoms with E-state index in [1.807, 2.05) is 19.1 Å². The van der Waals surface area contributed by atoms with Gasteiger partial charge in [-0.2, -0.15) is 0 Å². The van der Waals surface area contributed by atoms with Crippen molar-refractivity contribution < 1.29 is 9.90 Å². The summed E-state index contributed by atoms with van der Waals surface area (Å²) in [6.45, 7) is 1.97. The van der Waals surface area contributed by atoms with E-state index in [9.17, 15) is 4.79 Å². The molecule has 1 aliphatic rings. The van der Waals surface area contributed by atoms with Crippen LogP contribution in [0.1, 0.15) is 31.2 Å². The minimum atomic E-state index is -0.110. The first kappa shape index (κ1) is 13.6. The highest BCUT2D eigenvalue weighted by Crippen LogP contribution is 2.47. The molecular formula is C14H18BrNO2. The third kappa shape index (κ3) is 3.12. The molecule has 0 aliphatic heterocycles. The molecule has 3 atom stereocenters. The van der Waals surface area contributed by atoms with E-state index in [1.54, 1.807) is 0 Å². The van der Waals surface area contributed by atoms with Gasteiger partial charge in [0.25, 0.3) is 0 Å². The van der Waals surface area contributed by atoms with Crippen molar-refractivity contribution in [2.24, 2.45) is 5.92 Å². The van der Waals surface area contributed by atoms with Crippen LogP contribution in [0.25, 0.3) is 0 Å². The summed E-state index contributed by atoms with van der Waals surface area (Å²) in [5.41, 5.74) is 1.21. The lowest BCUT2D eigenvalue weighted by Crippen LogP contribution is -2.38. The Bertz CT molecular complexity index is 432. The minimum absolute atomic E-state index is 0.0104. The van der Waals surface area contributed by atoms with Crippen LogP contribution in [-0.2, 0) is 4.79 Å². The number of amides is 1. The van der Waals surface area contributed by atoms with E-state index in [2.05, 4.69) is 33.4 Å². The maximum absolute atomic E-state index is 12.0. The summed E-state index contributed by atoms with van der Waals surface area (Å²) in [5.74, 6) is 0.472. The molecule has 1 aromatic rings. The third-order valence-electron chi connectivity index (χ3n) is 3.46. The number of aliphatic hydroxyl groups is 1. The van der Waals surface area contributed by atoms with E-state index < -0.39 is 0 Å². The zero-order chi connectivity index (χ0) is 13.1. The molecule has 0 spiro atoms. The summed E-state index contributed by atoms with van der Waals surface area (Å²) in [6.07, 6.45) is 1.67. The van der Waals surface area contributed by atoms with E-state index in [-0.39, 0.29) is 24.5 Å². The SMILES string of the molecule is CCC(CO)NC(=O)C1CC1c1cccc(Br)c1. The van der Waals surface area contributed by atoms with Gasteiger partial charge in [-0.15, -0.1) is 0 Å². The van der Waals surface area contributed by atoms with Gasteiger partial charge >= 0.3 is 0 Å². The van der Waals surface area contributed by atoms with Crippen LogP contribution in [0.4, 0.5) is 0 Å². The number of carbonyl (C=O) groups is 1. The molecule has 2 rings (SSSR count). The Morgan fingerprint density at radius 1 is 1.61 bits per heavy atom. The minimum Gasteiger partial charge on any atom is -0.394 e. The molecule has 3 nitrogen and oxygen atoms in total. The van der Waals surface area contributed by atoms with Gasteiger partial charge in [-0.1, -0.05) is 35.0 Å². The van der Waals surface area contributed by atoms with Crippen molar-refractivity contribution in [1.29, 1.82) is 0 Å². The van der Waals surface area contributed by atoms with E-state index in [0.717, 1.165) is 17.3 Å². The van der Waals surface area contributed by atoms with Crippen LogP contribution in [0.2, 0.25) is 0 Å². The van der Waals surface area contributed by atoms with Gasteiger partial charge in [0.05, 0.1) is 12.6 Å². The van der Waals surface area contributed by atoms with Gasteiger partial charge in [0.2, 0.25) is 5.91 Å². The van der Waals surface area contributed by atoms with Crippen LogP contribution in [0.3, 0.4) is 0 Å². The second-order valence-electron chi connectivity index (χ2n) is 4.80. The molecular weight excluding hydrogens is 294 g/mol. The van der Waals surface area contributed by atoms with Crippen molar-refractivity contribution in [3.63, 3.8) is 0 Å². The zero-order valence-electron chi connectivity index (χ0n) is 10.4. The maximum Gasteiger partial charge on any atom is 0.224 e. The molecule has 0 aromatic heterocycles. The van der Waals surface area contributed by atoms with Gasteiger partial charge in [0.15, 0.2) is 0 Å². The Labute approximate surface area is 116 Å². The smallest absolute Gasteiger partial charge is 0.224 e. The number of carbonyl (C=O) groups excluding carboxylic acids is 1. The van der Waals surface area contributed by atoms with Crippen LogP contribution < -0.4 is 5.32 Å². The first-order valence-corrected chi connectivity index (χ1v) is 7.11. The number of hydrogen-bond donors (Lipinski definition) is 2. The van der Waals surface area contributed by atoms with Crippen molar-refractivity contribution in [2.75, 3.05) is 6.61 Å². The van der Waals surface area contributed by atoms with Crippen LogP contribution in [0, 0.1) is 5.92 Å². The number of rotatable bonds is 5. The zero-order valence-corrected chi connectivity index (χ0v) is 12.0. The van der Waals surface area contributed by atoms with Crippen LogP contribution in [0.15, 0.2) is 28.7 Å². The lowest BCUT2D eigenvalue weighted by molar-refractivity contribution is -0.123. The maximum atomic E-state index is 12.0. The molecule has 2 N–H and O–H groups in total. The van der Waals surface area contributed by atoms with Crippen molar-refractivity contribution in [1.82, 2.24) is 5.32 Å². The van der Waals surface area contributed by atoms with Gasteiger partial charge in [-0.25, -0.2) is 0 Å². The highest BCUT2D eigenvalue weighted by Gasteiger charge is 2.44. The summed E-state index contributed by atoms with van der Waals surface area (Å²) >= 11 is 3.44. The average molecular weight is 312 g/mol. The number of hydrogen-bond acceptors (Lipinski definition) is 2. The number of halogens is 1. The Morgan fingerprint density at radius 3 is 3.00 bits per heavy atom. The standard InChI is InChI=1S/C14H18BrNO2/c1-2-11(8-17)16-14(18)13-7-12(13)9-4-3-5-10(15)6-9/h3-6,11-13,17H,2,7-8H2,1H3,(H,16,18). The molecule has 1 aliphatic carbocycles. The van der Waals surface area contributed by atoms with Gasteiger partial charge in [0.1, 0.15) is 0 Å². The van der Waals surface area contributed by atoms with Gasteiger partial charge < -0.3 is 10.4 Å². The molecule has 1 saturated carbocycles. The number of benzene rings is 1. The normalized spacial score (nSPS) is 23.5. The summed E-state index contributed by atoms with van der Waals surface area (Å²) in [6, 6.07) is 8.00. The molecule has 1 amide bonds. The molecule has 3 unspecified atom stereocenters. The number of nitrogens with one attached hydrogen (secondary N) is 1. The Morgan fingerprint density at radius 2 is 2.39 bits per heavy atom. The second-order valence-corrected chi connectivity index (χ2v) is 5.72. The molecule has 0 bridgehead atoms. The topological polar surface area (TPSA) is 49.3 Å². The summed E-state index contributed by atoms with van der Waals surface area (Å²) in [5, 5.41) is 12.0. The Kier molecular flexibility index (Phi) is 4.40. The van der Waals surface area contributed by atoms with E-state index in [0.29, 0.717) is 5.92 Å². The van der Waals surface area contributed by atoms with E-state index >= 15 is 0 Å². The van der Waals surface area contributed by atoms with Crippen LogP contribution in [-0.4, -0.2) is 23.7 Å².